The van der Waals surface area contributed by atoms with E-state index < -0.39 is 0 Å². The summed E-state index contributed by atoms with van der Waals surface area (Å²) in [5.74, 6) is 0.894. The van der Waals surface area contributed by atoms with Crippen molar-refractivity contribution in [2.75, 3.05) is 0 Å². The molecule has 120 valence electrons. The molecule has 2 aliphatic rings. The number of hydrogen-bond donors (Lipinski definition) is 1. The van der Waals surface area contributed by atoms with E-state index in [9.17, 15) is 9.59 Å². The number of amides is 2. The third kappa shape index (κ3) is 3.24. The molecule has 1 heterocycles. The van der Waals surface area contributed by atoms with E-state index in [0.717, 1.165) is 19.3 Å². The fourth-order valence-electron chi connectivity index (χ4n) is 3.77. The van der Waals surface area contributed by atoms with Gasteiger partial charge in [0.2, 0.25) is 11.8 Å². The van der Waals surface area contributed by atoms with Gasteiger partial charge in [0.1, 0.15) is 12.1 Å². The molecule has 2 rings (SSSR count). The van der Waals surface area contributed by atoms with E-state index in [4.69, 9.17) is 0 Å². The van der Waals surface area contributed by atoms with Gasteiger partial charge in [-0.05, 0) is 38.5 Å². The van der Waals surface area contributed by atoms with E-state index in [-0.39, 0.29) is 29.9 Å². The largest absolute Gasteiger partial charge is 0.342 e. The first-order chi connectivity index (χ1) is 9.97. The first-order valence-corrected chi connectivity index (χ1v) is 8.59. The van der Waals surface area contributed by atoms with Crippen LogP contribution in [-0.4, -0.2) is 34.8 Å². The Hall–Kier alpha value is -1.06. The van der Waals surface area contributed by atoms with Crippen LogP contribution in [0.4, 0.5) is 0 Å². The van der Waals surface area contributed by atoms with Gasteiger partial charge in [-0.3, -0.25) is 9.59 Å². The van der Waals surface area contributed by atoms with Crippen LogP contribution in [0.15, 0.2) is 0 Å². The van der Waals surface area contributed by atoms with Gasteiger partial charge in [0.25, 0.3) is 0 Å². The maximum absolute atomic E-state index is 13.0. The molecule has 0 bridgehead atoms. The van der Waals surface area contributed by atoms with Crippen molar-refractivity contribution < 1.29 is 9.59 Å². The molecule has 4 unspecified atom stereocenters. The van der Waals surface area contributed by atoms with Crippen LogP contribution in [0.1, 0.15) is 66.2 Å². The van der Waals surface area contributed by atoms with Crippen LogP contribution >= 0.6 is 0 Å². The van der Waals surface area contributed by atoms with Crippen LogP contribution < -0.4 is 5.32 Å². The molecular formula is C17H30N2O2. The van der Waals surface area contributed by atoms with Crippen molar-refractivity contribution in [3.05, 3.63) is 0 Å². The van der Waals surface area contributed by atoms with Gasteiger partial charge in [-0.2, -0.15) is 0 Å². The molecule has 1 saturated carbocycles. The van der Waals surface area contributed by atoms with Crippen molar-refractivity contribution in [1.82, 2.24) is 10.2 Å². The average Bonchev–Trinajstić information content (AvgIpc) is 2.51. The van der Waals surface area contributed by atoms with Gasteiger partial charge >= 0.3 is 0 Å². The minimum absolute atomic E-state index is 0.0142. The fraction of sp³-hybridized carbons (Fsp3) is 0.882. The molecule has 1 saturated heterocycles. The second-order valence-corrected chi connectivity index (χ2v) is 6.93. The Kier molecular flexibility index (Phi) is 5.28. The lowest BCUT2D eigenvalue weighted by Crippen LogP contribution is -2.67. The van der Waals surface area contributed by atoms with Crippen LogP contribution in [0.2, 0.25) is 0 Å². The standard InChI is InChI=1S/C17H30N2O2/c1-5-11(2)12(3)19-13(4)16(20)18-15(17(19)21)14-9-7-6-8-10-14/h11-15H,5-10H2,1-4H3,(H,18,20). The Morgan fingerprint density at radius 2 is 1.81 bits per heavy atom. The number of carbonyl (C=O) groups is 2. The third-order valence-electron chi connectivity index (χ3n) is 5.64. The molecule has 1 aliphatic carbocycles. The first-order valence-electron chi connectivity index (χ1n) is 8.59. The first kappa shape index (κ1) is 16.3. The second kappa shape index (κ2) is 6.80. The zero-order valence-electron chi connectivity index (χ0n) is 13.9. The molecule has 4 atom stereocenters. The van der Waals surface area contributed by atoms with Crippen LogP contribution in [0.5, 0.6) is 0 Å². The summed E-state index contributed by atoms with van der Waals surface area (Å²) in [6.07, 6.45) is 6.77. The molecule has 4 heteroatoms. The Morgan fingerprint density at radius 1 is 1.19 bits per heavy atom. The average molecular weight is 294 g/mol. The van der Waals surface area contributed by atoms with Crippen molar-refractivity contribution in [2.24, 2.45) is 11.8 Å². The number of hydrogen-bond acceptors (Lipinski definition) is 2. The number of nitrogens with zero attached hydrogens (tertiary/aromatic N) is 1. The molecular weight excluding hydrogens is 264 g/mol. The highest BCUT2D eigenvalue weighted by molar-refractivity contribution is 5.97. The topological polar surface area (TPSA) is 49.4 Å². The van der Waals surface area contributed by atoms with Gasteiger partial charge < -0.3 is 10.2 Å². The highest BCUT2D eigenvalue weighted by atomic mass is 16.2. The van der Waals surface area contributed by atoms with Crippen LogP contribution in [0, 0.1) is 11.8 Å². The monoisotopic (exact) mass is 294 g/mol. The van der Waals surface area contributed by atoms with Crippen molar-refractivity contribution in [2.45, 2.75) is 84.3 Å². The molecule has 1 aliphatic heterocycles. The van der Waals surface area contributed by atoms with Gasteiger partial charge in [-0.1, -0.05) is 39.5 Å². The molecule has 2 fully saturated rings. The van der Waals surface area contributed by atoms with Crippen molar-refractivity contribution in [1.29, 1.82) is 0 Å². The molecule has 0 spiro atoms. The smallest absolute Gasteiger partial charge is 0.246 e. The summed E-state index contributed by atoms with van der Waals surface area (Å²) in [6.45, 7) is 8.23. The van der Waals surface area contributed by atoms with E-state index in [2.05, 4.69) is 26.1 Å². The highest BCUT2D eigenvalue weighted by Crippen LogP contribution is 2.30. The Bertz CT molecular complexity index is 390. The van der Waals surface area contributed by atoms with E-state index in [1.165, 1.54) is 19.3 Å². The Labute approximate surface area is 128 Å². The van der Waals surface area contributed by atoms with Crippen LogP contribution in [0.25, 0.3) is 0 Å². The molecule has 0 aromatic carbocycles. The van der Waals surface area contributed by atoms with Crippen molar-refractivity contribution in [3.63, 3.8) is 0 Å². The lowest BCUT2D eigenvalue weighted by atomic mass is 9.81. The van der Waals surface area contributed by atoms with Gasteiger partial charge in [0.05, 0.1) is 0 Å². The zero-order chi connectivity index (χ0) is 15.6. The molecule has 1 N–H and O–H groups in total. The number of carbonyl (C=O) groups excluding carboxylic acids is 2. The minimum atomic E-state index is -0.346. The predicted octanol–water partition coefficient (Wildman–Crippen LogP) is 2.72. The predicted molar refractivity (Wildman–Crippen MR) is 83.7 cm³/mol. The summed E-state index contributed by atoms with van der Waals surface area (Å²) in [7, 11) is 0. The molecule has 0 aromatic heterocycles. The number of nitrogens with one attached hydrogen (secondary N) is 1. The van der Waals surface area contributed by atoms with Crippen molar-refractivity contribution >= 4 is 11.8 Å². The summed E-state index contributed by atoms with van der Waals surface area (Å²) >= 11 is 0. The van der Waals surface area contributed by atoms with Gasteiger partial charge in [0.15, 0.2) is 0 Å². The molecule has 4 nitrogen and oxygen atoms in total. The fourth-order valence-corrected chi connectivity index (χ4v) is 3.77. The van der Waals surface area contributed by atoms with E-state index in [1.54, 1.807) is 0 Å². The number of rotatable bonds is 4. The van der Waals surface area contributed by atoms with E-state index in [1.807, 2.05) is 11.8 Å². The maximum atomic E-state index is 13.0. The quantitative estimate of drug-likeness (QED) is 0.866. The summed E-state index contributed by atoms with van der Waals surface area (Å²) in [6, 6.07) is -0.517. The normalized spacial score (nSPS) is 31.0. The SMILES string of the molecule is CCC(C)C(C)N1C(=O)C(C2CCCCC2)NC(=O)C1C. The van der Waals surface area contributed by atoms with Gasteiger partial charge in [0, 0.05) is 6.04 Å². The minimum Gasteiger partial charge on any atom is -0.342 e. The van der Waals surface area contributed by atoms with Crippen molar-refractivity contribution in [3.8, 4) is 0 Å². The summed E-state index contributed by atoms with van der Waals surface area (Å²) in [5.41, 5.74) is 0. The van der Waals surface area contributed by atoms with Gasteiger partial charge in [-0.15, -0.1) is 0 Å². The van der Waals surface area contributed by atoms with E-state index >= 15 is 0 Å². The second-order valence-electron chi connectivity index (χ2n) is 6.93. The maximum Gasteiger partial charge on any atom is 0.246 e. The number of piperazine rings is 1. The summed E-state index contributed by atoms with van der Waals surface area (Å²) < 4.78 is 0. The zero-order valence-corrected chi connectivity index (χ0v) is 13.9. The molecule has 21 heavy (non-hydrogen) atoms. The highest BCUT2D eigenvalue weighted by Gasteiger charge is 2.44. The Balaban J connectivity index is 2.18. The lowest BCUT2D eigenvalue weighted by Gasteiger charge is -2.45. The summed E-state index contributed by atoms with van der Waals surface area (Å²) in [5, 5.41) is 3.00. The molecule has 0 aromatic rings. The van der Waals surface area contributed by atoms with Crippen LogP contribution in [0.3, 0.4) is 0 Å². The van der Waals surface area contributed by atoms with Crippen LogP contribution in [-0.2, 0) is 9.59 Å². The molecule has 2 amide bonds. The molecule has 0 radical (unpaired) electrons. The lowest BCUT2D eigenvalue weighted by molar-refractivity contribution is -0.154. The van der Waals surface area contributed by atoms with E-state index in [0.29, 0.717) is 11.8 Å². The third-order valence-corrected chi connectivity index (χ3v) is 5.64. The van der Waals surface area contributed by atoms with Gasteiger partial charge in [-0.25, -0.2) is 0 Å². The Morgan fingerprint density at radius 3 is 2.38 bits per heavy atom. The summed E-state index contributed by atoms with van der Waals surface area (Å²) in [4.78, 5) is 27.1.